The molecule has 2 aromatic heterocycles. The average molecular weight is 275 g/mol. The van der Waals surface area contributed by atoms with E-state index in [9.17, 15) is 4.79 Å². The first-order valence-corrected chi connectivity index (χ1v) is 6.25. The molecule has 2 heterocycles. The lowest BCUT2D eigenvalue weighted by Gasteiger charge is -2.19. The van der Waals surface area contributed by atoms with E-state index in [1.54, 1.807) is 12.1 Å². The van der Waals surface area contributed by atoms with Crippen LogP contribution >= 0.6 is 0 Å². The number of nitrogens with one attached hydrogen (secondary N) is 1. The third kappa shape index (κ3) is 3.34. The molecule has 20 heavy (non-hydrogen) atoms. The van der Waals surface area contributed by atoms with Gasteiger partial charge in [-0.1, -0.05) is 25.9 Å². The Bertz CT molecular complexity index is 601. The molecule has 106 valence electrons. The molecule has 0 atom stereocenters. The molecular weight excluding hydrogens is 258 g/mol. The van der Waals surface area contributed by atoms with Crippen LogP contribution in [0, 0.1) is 0 Å². The average Bonchev–Trinajstić information content (AvgIpc) is 2.88. The molecule has 0 saturated carbocycles. The minimum Gasteiger partial charge on any atom is -0.478 e. The molecule has 2 rings (SSSR count). The Kier molecular flexibility index (Phi) is 3.74. The van der Waals surface area contributed by atoms with Crippen molar-refractivity contribution in [1.29, 1.82) is 0 Å². The fraction of sp³-hybridized carbons (Fsp3) is 0.357. The van der Waals surface area contributed by atoms with E-state index in [-0.39, 0.29) is 11.0 Å². The van der Waals surface area contributed by atoms with Crippen LogP contribution in [0.5, 0.6) is 0 Å². The van der Waals surface area contributed by atoms with Crippen LogP contribution in [-0.2, 0) is 12.0 Å². The summed E-state index contributed by atoms with van der Waals surface area (Å²) in [5, 5.41) is 16.0. The van der Waals surface area contributed by atoms with Crippen LogP contribution in [0.15, 0.2) is 29.0 Å². The van der Waals surface area contributed by atoms with Crippen molar-refractivity contribution < 1.29 is 14.4 Å². The summed E-state index contributed by atoms with van der Waals surface area (Å²) in [5.41, 5.74) is 1.44. The van der Waals surface area contributed by atoms with Crippen molar-refractivity contribution in [2.24, 2.45) is 0 Å². The molecule has 2 aromatic rings. The van der Waals surface area contributed by atoms with E-state index in [1.807, 2.05) is 20.8 Å². The molecule has 0 amide bonds. The van der Waals surface area contributed by atoms with Gasteiger partial charge in [0, 0.05) is 17.2 Å². The van der Waals surface area contributed by atoms with Gasteiger partial charge in [0.05, 0.1) is 12.1 Å². The molecule has 0 aliphatic heterocycles. The van der Waals surface area contributed by atoms with E-state index in [1.165, 1.54) is 12.3 Å². The maximum Gasteiger partial charge on any atom is 0.335 e. The van der Waals surface area contributed by atoms with Crippen molar-refractivity contribution in [3.05, 3.63) is 41.4 Å². The number of nitrogens with zero attached hydrogens (tertiary/aromatic N) is 2. The summed E-state index contributed by atoms with van der Waals surface area (Å²) in [4.78, 5) is 15.6. The topological polar surface area (TPSA) is 88.2 Å². The number of aromatic nitrogens is 2. The van der Waals surface area contributed by atoms with Crippen molar-refractivity contribution in [2.45, 2.75) is 32.7 Å². The quantitative estimate of drug-likeness (QED) is 0.891. The summed E-state index contributed by atoms with van der Waals surface area (Å²) in [6, 6.07) is 4.85. The Morgan fingerprint density at radius 1 is 1.40 bits per heavy atom. The zero-order valence-corrected chi connectivity index (χ0v) is 11.7. The molecule has 6 heteroatoms. The van der Waals surface area contributed by atoms with Crippen molar-refractivity contribution in [1.82, 2.24) is 10.1 Å². The summed E-state index contributed by atoms with van der Waals surface area (Å²) >= 11 is 0. The van der Waals surface area contributed by atoms with Crippen molar-refractivity contribution in [3.8, 4) is 0 Å². The maximum absolute atomic E-state index is 11.2. The summed E-state index contributed by atoms with van der Waals surface area (Å²) in [6.07, 6.45) is 1.48. The number of hydrogen-bond donors (Lipinski definition) is 2. The Labute approximate surface area is 116 Å². The van der Waals surface area contributed by atoms with Crippen LogP contribution in [0.1, 0.15) is 42.5 Å². The predicted molar refractivity (Wildman–Crippen MR) is 73.7 cm³/mol. The maximum atomic E-state index is 11.2. The number of aromatic carboxylic acids is 1. The van der Waals surface area contributed by atoms with Crippen molar-refractivity contribution in [2.75, 3.05) is 5.32 Å². The summed E-state index contributed by atoms with van der Waals surface area (Å²) in [7, 11) is 0. The lowest BCUT2D eigenvalue weighted by atomic mass is 9.91. The van der Waals surface area contributed by atoms with E-state index >= 15 is 0 Å². The number of hydrogen-bond acceptors (Lipinski definition) is 5. The second-order valence-corrected chi connectivity index (χ2v) is 5.53. The first-order valence-electron chi connectivity index (χ1n) is 6.25. The summed E-state index contributed by atoms with van der Waals surface area (Å²) in [5.74, 6) is -0.458. The Morgan fingerprint density at radius 3 is 2.70 bits per heavy atom. The zero-order valence-electron chi connectivity index (χ0n) is 11.7. The van der Waals surface area contributed by atoms with Gasteiger partial charge in [-0.3, -0.25) is 0 Å². The first kappa shape index (κ1) is 14.0. The van der Waals surface area contributed by atoms with Crippen LogP contribution in [0.3, 0.4) is 0 Å². The number of rotatable bonds is 4. The van der Waals surface area contributed by atoms with Crippen LogP contribution < -0.4 is 5.32 Å². The SMILES string of the molecule is CC(C)(C)c1cc(C(=O)O)cc(NCc2ccon2)n1. The number of pyridine rings is 1. The van der Waals surface area contributed by atoms with E-state index in [0.29, 0.717) is 12.4 Å². The molecule has 0 aromatic carbocycles. The molecule has 0 radical (unpaired) electrons. The molecule has 0 aliphatic rings. The third-order valence-electron chi connectivity index (χ3n) is 2.78. The van der Waals surface area contributed by atoms with Crippen LogP contribution in [-0.4, -0.2) is 21.2 Å². The van der Waals surface area contributed by atoms with Gasteiger partial charge in [-0.15, -0.1) is 0 Å². The molecular formula is C14H17N3O3. The highest BCUT2D eigenvalue weighted by atomic mass is 16.5. The monoisotopic (exact) mass is 275 g/mol. The molecule has 0 aliphatic carbocycles. The Balaban J connectivity index is 2.27. The molecule has 0 unspecified atom stereocenters. The van der Waals surface area contributed by atoms with E-state index in [2.05, 4.69) is 15.5 Å². The highest BCUT2D eigenvalue weighted by Gasteiger charge is 2.19. The van der Waals surface area contributed by atoms with Crippen LogP contribution in [0.2, 0.25) is 0 Å². The normalized spacial score (nSPS) is 11.3. The summed E-state index contributed by atoms with van der Waals surface area (Å²) < 4.78 is 4.74. The highest BCUT2D eigenvalue weighted by Crippen LogP contribution is 2.23. The fourth-order valence-corrected chi connectivity index (χ4v) is 1.64. The predicted octanol–water partition coefficient (Wildman–Crippen LogP) is 2.68. The van der Waals surface area contributed by atoms with E-state index in [4.69, 9.17) is 9.63 Å². The molecule has 2 N–H and O–H groups in total. The van der Waals surface area contributed by atoms with Gasteiger partial charge >= 0.3 is 5.97 Å². The van der Waals surface area contributed by atoms with Gasteiger partial charge in [-0.25, -0.2) is 9.78 Å². The van der Waals surface area contributed by atoms with Gasteiger partial charge in [-0.05, 0) is 12.1 Å². The van der Waals surface area contributed by atoms with Gasteiger partial charge < -0.3 is 14.9 Å². The molecule has 0 spiro atoms. The lowest BCUT2D eigenvalue weighted by molar-refractivity contribution is 0.0696. The second-order valence-electron chi connectivity index (χ2n) is 5.53. The summed E-state index contributed by atoms with van der Waals surface area (Å²) in [6.45, 7) is 6.39. The largest absolute Gasteiger partial charge is 0.478 e. The van der Waals surface area contributed by atoms with Crippen molar-refractivity contribution >= 4 is 11.8 Å². The molecule has 6 nitrogen and oxygen atoms in total. The van der Waals surface area contributed by atoms with Crippen molar-refractivity contribution in [3.63, 3.8) is 0 Å². The first-order chi connectivity index (χ1) is 9.36. The van der Waals surface area contributed by atoms with Gasteiger partial charge in [0.1, 0.15) is 17.8 Å². The smallest absolute Gasteiger partial charge is 0.335 e. The van der Waals surface area contributed by atoms with Gasteiger partial charge in [0.2, 0.25) is 0 Å². The minimum absolute atomic E-state index is 0.215. The zero-order chi connectivity index (χ0) is 14.8. The lowest BCUT2D eigenvalue weighted by Crippen LogP contribution is -2.16. The Morgan fingerprint density at radius 2 is 2.15 bits per heavy atom. The van der Waals surface area contributed by atoms with Crippen LogP contribution in [0.25, 0.3) is 0 Å². The van der Waals surface area contributed by atoms with Gasteiger partial charge in [0.25, 0.3) is 0 Å². The van der Waals surface area contributed by atoms with E-state index < -0.39 is 5.97 Å². The molecule has 0 fully saturated rings. The number of anilines is 1. The number of carboxylic acids is 1. The Hall–Kier alpha value is -2.37. The second kappa shape index (κ2) is 5.32. The number of carboxylic acid groups (broad SMARTS) is 1. The van der Waals surface area contributed by atoms with Gasteiger partial charge in [0.15, 0.2) is 0 Å². The van der Waals surface area contributed by atoms with Crippen LogP contribution in [0.4, 0.5) is 5.82 Å². The number of carbonyl (C=O) groups is 1. The standard InChI is InChI=1S/C14H17N3O3/c1-14(2,3)11-6-9(13(18)19)7-12(16-11)15-8-10-4-5-20-17-10/h4-7H,8H2,1-3H3,(H,15,16)(H,18,19). The molecule has 0 bridgehead atoms. The highest BCUT2D eigenvalue weighted by molar-refractivity contribution is 5.88. The van der Waals surface area contributed by atoms with E-state index in [0.717, 1.165) is 11.4 Å². The third-order valence-corrected chi connectivity index (χ3v) is 2.78. The van der Waals surface area contributed by atoms with Gasteiger partial charge in [-0.2, -0.15) is 0 Å². The molecule has 0 saturated heterocycles. The fourth-order valence-electron chi connectivity index (χ4n) is 1.64. The minimum atomic E-state index is -0.970.